The van der Waals surface area contributed by atoms with Gasteiger partial charge in [0.05, 0.1) is 12.1 Å². The van der Waals surface area contributed by atoms with Crippen molar-refractivity contribution in [1.29, 1.82) is 0 Å². The van der Waals surface area contributed by atoms with Gasteiger partial charge in [-0.2, -0.15) is 0 Å². The smallest absolute Gasteiger partial charge is 0.0848 e. The van der Waals surface area contributed by atoms with Crippen LogP contribution in [0.3, 0.4) is 0 Å². The number of benzene rings is 2. The number of rotatable bonds is 5. The van der Waals surface area contributed by atoms with Crippen molar-refractivity contribution in [3.63, 3.8) is 0 Å². The quantitative estimate of drug-likeness (QED) is 0.477. The lowest BCUT2D eigenvalue weighted by atomic mass is 9.74. The zero-order chi connectivity index (χ0) is 15.3. The summed E-state index contributed by atoms with van der Waals surface area (Å²) < 4.78 is 0. The van der Waals surface area contributed by atoms with Gasteiger partial charge in [-0.15, -0.1) is 0 Å². The Morgan fingerprint density at radius 1 is 0.952 bits per heavy atom. The van der Waals surface area contributed by atoms with Crippen LogP contribution in [0, 0.1) is 5.41 Å². The van der Waals surface area contributed by atoms with Crippen molar-refractivity contribution in [2.24, 2.45) is 10.5 Å². The van der Waals surface area contributed by atoms with E-state index >= 15 is 0 Å². The van der Waals surface area contributed by atoms with Crippen LogP contribution in [0.2, 0.25) is 0 Å². The highest BCUT2D eigenvalue weighted by atomic mass is 16.3. The predicted octanol–water partition coefficient (Wildman–Crippen LogP) is 4.80. The number of aliphatic hydroxyl groups excluding tert-OH is 1. The number of hydrogen-bond acceptors (Lipinski definition) is 2. The average Bonchev–Trinajstić information content (AvgIpc) is 2.53. The fourth-order valence-corrected chi connectivity index (χ4v) is 2.55. The molecular weight excluding hydrogens is 262 g/mol. The minimum Gasteiger partial charge on any atom is -0.388 e. The Kier molecular flexibility index (Phi) is 4.63. The summed E-state index contributed by atoms with van der Waals surface area (Å²) in [7, 11) is 0. The number of nitrogens with zero attached hydrogens (tertiary/aromatic N) is 3. The van der Waals surface area contributed by atoms with Crippen molar-refractivity contribution in [3.8, 4) is 0 Å². The van der Waals surface area contributed by atoms with Crippen molar-refractivity contribution < 1.29 is 5.11 Å². The van der Waals surface area contributed by atoms with E-state index < -0.39 is 17.6 Å². The van der Waals surface area contributed by atoms with E-state index in [1.54, 1.807) is 0 Å². The van der Waals surface area contributed by atoms with Crippen LogP contribution in [0.25, 0.3) is 10.4 Å². The Labute approximate surface area is 124 Å². The first kappa shape index (κ1) is 15.1. The van der Waals surface area contributed by atoms with Gasteiger partial charge in [-0.3, -0.25) is 0 Å². The van der Waals surface area contributed by atoms with E-state index in [0.29, 0.717) is 0 Å². The van der Waals surface area contributed by atoms with E-state index in [-0.39, 0.29) is 0 Å². The van der Waals surface area contributed by atoms with E-state index in [0.717, 1.165) is 11.1 Å². The van der Waals surface area contributed by atoms with Gasteiger partial charge in [0.2, 0.25) is 0 Å². The molecule has 21 heavy (non-hydrogen) atoms. The van der Waals surface area contributed by atoms with Gasteiger partial charge in [-0.05, 0) is 16.7 Å². The molecule has 108 valence electrons. The van der Waals surface area contributed by atoms with Gasteiger partial charge < -0.3 is 5.11 Å². The zero-order valence-corrected chi connectivity index (χ0v) is 12.2. The van der Waals surface area contributed by atoms with Gasteiger partial charge in [-0.25, -0.2) is 0 Å². The summed E-state index contributed by atoms with van der Waals surface area (Å²) in [6, 6.07) is 18.5. The molecule has 0 saturated carbocycles. The molecule has 1 N–H and O–H groups in total. The van der Waals surface area contributed by atoms with Crippen LogP contribution in [0.15, 0.2) is 65.8 Å². The van der Waals surface area contributed by atoms with E-state index in [1.807, 2.05) is 74.5 Å². The van der Waals surface area contributed by atoms with Crippen LogP contribution in [0.4, 0.5) is 0 Å². The molecule has 0 amide bonds. The zero-order valence-electron chi connectivity index (χ0n) is 12.2. The van der Waals surface area contributed by atoms with Crippen molar-refractivity contribution >= 4 is 0 Å². The molecule has 0 bridgehead atoms. The molecule has 0 unspecified atom stereocenters. The third kappa shape index (κ3) is 3.24. The minimum absolute atomic E-state index is 0.445. The molecule has 0 aliphatic rings. The van der Waals surface area contributed by atoms with Gasteiger partial charge in [0.25, 0.3) is 0 Å². The molecule has 0 aromatic heterocycles. The normalized spacial score (nSPS) is 14.0. The van der Waals surface area contributed by atoms with Crippen LogP contribution in [0.5, 0.6) is 0 Å². The molecule has 2 aromatic rings. The standard InChI is InChI=1S/C17H19N3O/c1-17(2,16(21)14-11-7-4-8-12-14)15(19-20-18)13-9-5-3-6-10-13/h3-12,15-16,21H,1-2H3/t15-,16-/m0/s1. The van der Waals surface area contributed by atoms with E-state index in [9.17, 15) is 5.11 Å². The van der Waals surface area contributed by atoms with Gasteiger partial charge >= 0.3 is 0 Å². The summed E-state index contributed by atoms with van der Waals surface area (Å²) in [5.41, 5.74) is 9.98. The molecule has 2 atom stereocenters. The van der Waals surface area contributed by atoms with Crippen molar-refractivity contribution in [1.82, 2.24) is 0 Å². The molecule has 2 aromatic carbocycles. The van der Waals surface area contributed by atoms with Gasteiger partial charge in [0.1, 0.15) is 0 Å². The maximum atomic E-state index is 10.7. The number of hydrogen-bond donors (Lipinski definition) is 1. The van der Waals surface area contributed by atoms with Crippen molar-refractivity contribution in [2.45, 2.75) is 26.0 Å². The van der Waals surface area contributed by atoms with Crippen LogP contribution < -0.4 is 0 Å². The summed E-state index contributed by atoms with van der Waals surface area (Å²) in [6.45, 7) is 3.83. The van der Waals surface area contributed by atoms with Gasteiger partial charge in [0, 0.05) is 10.3 Å². The maximum Gasteiger partial charge on any atom is 0.0848 e. The van der Waals surface area contributed by atoms with E-state index in [4.69, 9.17) is 5.53 Å². The summed E-state index contributed by atoms with van der Waals surface area (Å²) in [4.78, 5) is 2.97. The Hall–Kier alpha value is -2.29. The largest absolute Gasteiger partial charge is 0.388 e. The highest BCUT2D eigenvalue weighted by Crippen LogP contribution is 2.46. The molecule has 0 spiro atoms. The molecule has 0 aliphatic carbocycles. The monoisotopic (exact) mass is 281 g/mol. The van der Waals surface area contributed by atoms with Crippen molar-refractivity contribution in [2.75, 3.05) is 0 Å². The lowest BCUT2D eigenvalue weighted by Crippen LogP contribution is -2.28. The molecule has 4 heteroatoms. The summed E-state index contributed by atoms with van der Waals surface area (Å²) in [6.07, 6.45) is -0.727. The Bertz CT molecular complexity index is 619. The van der Waals surface area contributed by atoms with Crippen molar-refractivity contribution in [3.05, 3.63) is 82.2 Å². The third-order valence-corrected chi connectivity index (χ3v) is 3.81. The van der Waals surface area contributed by atoms with E-state index in [2.05, 4.69) is 10.0 Å². The lowest BCUT2D eigenvalue weighted by Gasteiger charge is -2.36. The molecule has 2 rings (SSSR count). The van der Waals surface area contributed by atoms with Gasteiger partial charge in [0.15, 0.2) is 0 Å². The number of aliphatic hydroxyl groups is 1. The number of azide groups is 1. The second kappa shape index (κ2) is 6.44. The fraction of sp³-hybridized carbons (Fsp3) is 0.294. The first-order chi connectivity index (χ1) is 10.1. The fourth-order valence-electron chi connectivity index (χ4n) is 2.55. The lowest BCUT2D eigenvalue weighted by molar-refractivity contribution is 0.0298. The van der Waals surface area contributed by atoms with Crippen LogP contribution in [-0.2, 0) is 0 Å². The second-order valence-electron chi connectivity index (χ2n) is 5.65. The molecule has 0 radical (unpaired) electrons. The third-order valence-electron chi connectivity index (χ3n) is 3.81. The Morgan fingerprint density at radius 3 is 1.90 bits per heavy atom. The van der Waals surface area contributed by atoms with Crippen LogP contribution >= 0.6 is 0 Å². The van der Waals surface area contributed by atoms with Gasteiger partial charge in [-0.1, -0.05) is 79.6 Å². The maximum absolute atomic E-state index is 10.7. The molecule has 0 saturated heterocycles. The van der Waals surface area contributed by atoms with Crippen LogP contribution in [-0.4, -0.2) is 5.11 Å². The SMILES string of the molecule is CC(C)([C@@H](O)c1ccccc1)[C@@H](N=[N+]=[N-])c1ccccc1. The molecular formula is C17H19N3O. The topological polar surface area (TPSA) is 69.0 Å². The predicted molar refractivity (Wildman–Crippen MR) is 83.5 cm³/mol. The summed E-state index contributed by atoms with van der Waals surface area (Å²) in [5.74, 6) is 0. The average molecular weight is 281 g/mol. The Morgan fingerprint density at radius 2 is 1.43 bits per heavy atom. The molecule has 0 aliphatic heterocycles. The Balaban J connectivity index is 2.41. The van der Waals surface area contributed by atoms with E-state index in [1.165, 1.54) is 0 Å². The summed E-state index contributed by atoms with van der Waals surface area (Å²) >= 11 is 0. The first-order valence-corrected chi connectivity index (χ1v) is 6.89. The highest BCUT2D eigenvalue weighted by molar-refractivity contribution is 5.25. The molecule has 0 heterocycles. The van der Waals surface area contributed by atoms with Crippen LogP contribution in [0.1, 0.15) is 37.1 Å². The highest BCUT2D eigenvalue weighted by Gasteiger charge is 2.37. The summed E-state index contributed by atoms with van der Waals surface area (Å²) in [5, 5.41) is 14.7. The molecule has 0 fully saturated rings. The first-order valence-electron chi connectivity index (χ1n) is 6.89. The molecule has 4 nitrogen and oxygen atoms in total. The minimum atomic E-state index is -0.727. The second-order valence-corrected chi connectivity index (χ2v) is 5.65.